The Bertz CT molecular complexity index is 1560. The predicted molar refractivity (Wildman–Crippen MR) is 186 cm³/mol. The molecule has 0 radical (unpaired) electrons. The van der Waals surface area contributed by atoms with Crippen LogP contribution in [0.2, 0.25) is 0 Å². The van der Waals surface area contributed by atoms with Gasteiger partial charge in [-0.15, -0.1) is 0 Å². The summed E-state index contributed by atoms with van der Waals surface area (Å²) in [5.41, 5.74) is 5.75. The van der Waals surface area contributed by atoms with Crippen LogP contribution in [0.3, 0.4) is 0 Å². The summed E-state index contributed by atoms with van der Waals surface area (Å²) < 4.78 is 32.5. The quantitative estimate of drug-likeness (QED) is 0.175. The van der Waals surface area contributed by atoms with Crippen LogP contribution in [-0.4, -0.2) is 14.3 Å². The Labute approximate surface area is 271 Å². The SMILES string of the molecule is CC(C)c1cc(C(C)C)c(S(=O)(=O)N[C@H](c2ccccc2)[C@@H](NC(=O)CCCC2=CCC=CC2)c2ccccc2)c(C(C)C)c1. The average molecular weight is 627 g/mol. The van der Waals surface area contributed by atoms with Crippen molar-refractivity contribution in [1.29, 1.82) is 0 Å². The average Bonchev–Trinajstić information content (AvgIpc) is 3.03. The van der Waals surface area contributed by atoms with Crippen molar-refractivity contribution in [1.82, 2.24) is 10.0 Å². The van der Waals surface area contributed by atoms with Gasteiger partial charge in [0.25, 0.3) is 0 Å². The number of carbonyl (C=O) groups excluding carboxylic acids is 1. The molecule has 0 fully saturated rings. The van der Waals surface area contributed by atoms with Gasteiger partial charge in [-0.3, -0.25) is 4.79 Å². The Kier molecular flexibility index (Phi) is 12.0. The zero-order valence-corrected chi connectivity index (χ0v) is 28.5. The third kappa shape index (κ3) is 9.05. The molecule has 3 aromatic rings. The van der Waals surface area contributed by atoms with Crippen molar-refractivity contribution in [3.63, 3.8) is 0 Å². The van der Waals surface area contributed by atoms with Crippen molar-refractivity contribution in [3.05, 3.63) is 124 Å². The summed E-state index contributed by atoms with van der Waals surface area (Å²) in [6.07, 6.45) is 10.5. The second-order valence-corrected chi connectivity index (χ2v) is 14.7. The lowest BCUT2D eigenvalue weighted by Crippen LogP contribution is -2.41. The van der Waals surface area contributed by atoms with Crippen molar-refractivity contribution in [2.45, 2.75) is 108 Å². The van der Waals surface area contributed by atoms with Gasteiger partial charge in [0.15, 0.2) is 0 Å². The fourth-order valence-corrected chi connectivity index (χ4v) is 7.94. The summed E-state index contributed by atoms with van der Waals surface area (Å²) >= 11 is 0. The molecule has 0 heterocycles. The lowest BCUT2D eigenvalue weighted by atomic mass is 9.89. The van der Waals surface area contributed by atoms with E-state index in [0.717, 1.165) is 53.5 Å². The van der Waals surface area contributed by atoms with Crippen LogP contribution in [-0.2, 0) is 14.8 Å². The summed E-state index contributed by atoms with van der Waals surface area (Å²) in [4.78, 5) is 13.9. The first-order valence-corrected chi connectivity index (χ1v) is 17.9. The van der Waals surface area contributed by atoms with E-state index >= 15 is 0 Å². The molecule has 1 aliphatic rings. The molecule has 0 saturated heterocycles. The highest BCUT2D eigenvalue weighted by Crippen LogP contribution is 2.37. The first-order chi connectivity index (χ1) is 21.5. The highest BCUT2D eigenvalue weighted by atomic mass is 32.2. The van der Waals surface area contributed by atoms with Crippen LogP contribution in [0.15, 0.2) is 101 Å². The minimum Gasteiger partial charge on any atom is -0.347 e. The lowest BCUT2D eigenvalue weighted by molar-refractivity contribution is -0.122. The summed E-state index contributed by atoms with van der Waals surface area (Å²) in [6, 6.07) is 22.0. The maximum absolute atomic E-state index is 14.7. The summed E-state index contributed by atoms with van der Waals surface area (Å²) in [5, 5.41) is 3.24. The van der Waals surface area contributed by atoms with Gasteiger partial charge in [0.1, 0.15) is 0 Å². The minimum absolute atomic E-state index is 0.00217. The predicted octanol–water partition coefficient (Wildman–Crippen LogP) is 9.38. The van der Waals surface area contributed by atoms with Gasteiger partial charge in [0.05, 0.1) is 17.0 Å². The van der Waals surface area contributed by atoms with E-state index in [9.17, 15) is 13.2 Å². The largest absolute Gasteiger partial charge is 0.347 e. The van der Waals surface area contributed by atoms with E-state index in [-0.39, 0.29) is 23.7 Å². The van der Waals surface area contributed by atoms with E-state index in [1.807, 2.05) is 88.4 Å². The summed E-state index contributed by atoms with van der Waals surface area (Å²) in [6.45, 7) is 12.5. The van der Waals surface area contributed by atoms with Gasteiger partial charge in [-0.2, -0.15) is 0 Å². The van der Waals surface area contributed by atoms with Gasteiger partial charge in [-0.05, 0) is 71.3 Å². The van der Waals surface area contributed by atoms with Crippen molar-refractivity contribution < 1.29 is 13.2 Å². The van der Waals surface area contributed by atoms with E-state index < -0.39 is 22.1 Å². The molecule has 2 atom stereocenters. The third-order valence-electron chi connectivity index (χ3n) is 8.59. The minimum atomic E-state index is -4.04. The van der Waals surface area contributed by atoms with E-state index in [1.165, 1.54) is 5.57 Å². The zero-order chi connectivity index (χ0) is 32.6. The molecule has 5 nitrogen and oxygen atoms in total. The van der Waals surface area contributed by atoms with Crippen molar-refractivity contribution in [3.8, 4) is 0 Å². The number of carbonyl (C=O) groups is 1. The number of benzene rings is 3. The Morgan fingerprint density at radius 3 is 1.78 bits per heavy atom. The van der Waals surface area contributed by atoms with E-state index in [2.05, 4.69) is 54.2 Å². The monoisotopic (exact) mass is 626 g/mol. The molecule has 0 spiro atoms. The van der Waals surface area contributed by atoms with Gasteiger partial charge in [-0.1, -0.05) is 138 Å². The van der Waals surface area contributed by atoms with Crippen LogP contribution < -0.4 is 10.0 Å². The van der Waals surface area contributed by atoms with Crippen LogP contribution in [0.5, 0.6) is 0 Å². The number of amides is 1. The normalized spacial score (nSPS) is 14.9. The fourth-order valence-electron chi connectivity index (χ4n) is 6.01. The second-order valence-electron chi connectivity index (χ2n) is 13.1. The first-order valence-electron chi connectivity index (χ1n) is 16.4. The summed E-state index contributed by atoms with van der Waals surface area (Å²) in [5.74, 6) is 0.179. The van der Waals surface area contributed by atoms with Gasteiger partial charge in [0.2, 0.25) is 15.9 Å². The molecule has 6 heteroatoms. The summed E-state index contributed by atoms with van der Waals surface area (Å²) in [7, 11) is -4.04. The van der Waals surface area contributed by atoms with Crippen LogP contribution in [0.25, 0.3) is 0 Å². The highest BCUT2D eigenvalue weighted by Gasteiger charge is 2.34. The molecule has 0 unspecified atom stereocenters. The number of hydrogen-bond acceptors (Lipinski definition) is 3. The van der Waals surface area contributed by atoms with Crippen molar-refractivity contribution >= 4 is 15.9 Å². The van der Waals surface area contributed by atoms with Crippen LogP contribution in [0.1, 0.15) is 131 Å². The Balaban J connectivity index is 1.75. The molecule has 45 heavy (non-hydrogen) atoms. The number of rotatable bonds is 14. The number of nitrogens with one attached hydrogen (secondary N) is 2. The van der Waals surface area contributed by atoms with Gasteiger partial charge < -0.3 is 5.32 Å². The first kappa shape index (κ1) is 34.4. The van der Waals surface area contributed by atoms with Gasteiger partial charge in [-0.25, -0.2) is 13.1 Å². The Morgan fingerprint density at radius 2 is 1.29 bits per heavy atom. The molecule has 1 amide bonds. The third-order valence-corrected chi connectivity index (χ3v) is 10.2. The lowest BCUT2D eigenvalue weighted by Gasteiger charge is -2.31. The highest BCUT2D eigenvalue weighted by molar-refractivity contribution is 7.89. The second kappa shape index (κ2) is 15.7. The Morgan fingerprint density at radius 1 is 0.733 bits per heavy atom. The fraction of sp³-hybridized carbons (Fsp3) is 0.410. The number of sulfonamides is 1. The maximum atomic E-state index is 14.7. The zero-order valence-electron chi connectivity index (χ0n) is 27.7. The number of hydrogen-bond donors (Lipinski definition) is 2. The molecule has 240 valence electrons. The smallest absolute Gasteiger partial charge is 0.241 e. The van der Waals surface area contributed by atoms with Crippen LogP contribution >= 0.6 is 0 Å². The molecule has 4 rings (SSSR count). The van der Waals surface area contributed by atoms with Crippen molar-refractivity contribution in [2.24, 2.45) is 0 Å². The van der Waals surface area contributed by atoms with Crippen LogP contribution in [0, 0.1) is 0 Å². The topological polar surface area (TPSA) is 75.3 Å². The maximum Gasteiger partial charge on any atom is 0.241 e. The molecule has 0 aliphatic heterocycles. The Hall–Kier alpha value is -3.48. The van der Waals surface area contributed by atoms with E-state index in [4.69, 9.17) is 0 Å². The number of allylic oxidation sites excluding steroid dienone is 4. The molecule has 0 aromatic heterocycles. The molecule has 1 aliphatic carbocycles. The standard InChI is InChI=1S/C39H50N2O3S/c1-27(2)33-25-34(28(3)4)39(35(26-33)29(5)6)45(43,44)41-38(32-22-14-9-15-23-32)37(31-20-12-8-13-21-31)40-36(42)24-16-19-30-17-10-7-11-18-30/h7-10,12-15,18,20-23,25-29,37-38,41H,11,16-17,19,24H2,1-6H3,(H,40,42)/t37-,38+/m0/s1. The van der Waals surface area contributed by atoms with Crippen LogP contribution in [0.4, 0.5) is 0 Å². The van der Waals surface area contributed by atoms with Gasteiger partial charge in [0, 0.05) is 6.42 Å². The van der Waals surface area contributed by atoms with E-state index in [0.29, 0.717) is 11.3 Å². The molecule has 3 aromatic carbocycles. The molecule has 0 saturated carbocycles. The molecular weight excluding hydrogens is 577 g/mol. The molecule has 0 bridgehead atoms. The molecule has 2 N–H and O–H groups in total. The van der Waals surface area contributed by atoms with Crippen molar-refractivity contribution in [2.75, 3.05) is 0 Å². The molecular formula is C39H50N2O3S. The van der Waals surface area contributed by atoms with Gasteiger partial charge >= 0.3 is 0 Å². The van der Waals surface area contributed by atoms with E-state index in [1.54, 1.807) is 0 Å².